The van der Waals surface area contributed by atoms with Gasteiger partial charge in [0.1, 0.15) is 0 Å². The average molecular weight is 264 g/mol. The molecule has 0 amide bonds. The summed E-state index contributed by atoms with van der Waals surface area (Å²) in [5.41, 5.74) is 0.946. The van der Waals surface area contributed by atoms with Crippen molar-refractivity contribution in [3.8, 4) is 0 Å². The fourth-order valence-corrected chi connectivity index (χ4v) is 2.14. The van der Waals surface area contributed by atoms with Gasteiger partial charge in [0.15, 0.2) is 5.82 Å². The van der Waals surface area contributed by atoms with Gasteiger partial charge in [-0.25, -0.2) is 0 Å². The van der Waals surface area contributed by atoms with Crippen molar-refractivity contribution in [2.45, 2.75) is 25.8 Å². The Labute approximate surface area is 110 Å². The standard InChI is InChI=1S/C13H14ClN3O/c1-8-5-11(8)13-16-12(18-17-13)7-15-10-4-2-3-9(14)6-10/h2-4,6,8,11,15H,5,7H2,1H3. The zero-order valence-electron chi connectivity index (χ0n) is 10.1. The van der Waals surface area contributed by atoms with E-state index in [0.717, 1.165) is 11.5 Å². The third-order valence-electron chi connectivity index (χ3n) is 3.19. The molecule has 2 unspecified atom stereocenters. The molecule has 0 radical (unpaired) electrons. The number of anilines is 1. The Kier molecular flexibility index (Phi) is 2.96. The molecule has 4 nitrogen and oxygen atoms in total. The Balaban J connectivity index is 1.61. The van der Waals surface area contributed by atoms with Gasteiger partial charge in [-0.05, 0) is 30.5 Å². The van der Waals surface area contributed by atoms with Gasteiger partial charge in [-0.2, -0.15) is 4.98 Å². The largest absolute Gasteiger partial charge is 0.376 e. The molecule has 1 aromatic heterocycles. The summed E-state index contributed by atoms with van der Waals surface area (Å²) in [5.74, 6) is 2.64. The summed E-state index contributed by atoms with van der Waals surface area (Å²) in [6.07, 6.45) is 1.17. The van der Waals surface area contributed by atoms with Crippen LogP contribution >= 0.6 is 11.6 Å². The van der Waals surface area contributed by atoms with Gasteiger partial charge in [0, 0.05) is 16.6 Å². The lowest BCUT2D eigenvalue weighted by Crippen LogP contribution is -1.99. The Morgan fingerprint density at radius 3 is 3.06 bits per heavy atom. The summed E-state index contributed by atoms with van der Waals surface area (Å²) >= 11 is 5.91. The molecule has 1 N–H and O–H groups in total. The molecule has 1 aliphatic rings. The topological polar surface area (TPSA) is 51.0 Å². The lowest BCUT2D eigenvalue weighted by Gasteiger charge is -2.02. The summed E-state index contributed by atoms with van der Waals surface area (Å²) in [6.45, 7) is 2.72. The molecule has 94 valence electrons. The molecule has 0 spiro atoms. The number of rotatable bonds is 4. The molecular weight excluding hydrogens is 250 g/mol. The highest BCUT2D eigenvalue weighted by Gasteiger charge is 2.37. The smallest absolute Gasteiger partial charge is 0.245 e. The van der Waals surface area contributed by atoms with Gasteiger partial charge >= 0.3 is 0 Å². The summed E-state index contributed by atoms with van der Waals surface area (Å²) in [5, 5.41) is 7.92. The van der Waals surface area contributed by atoms with Crippen LogP contribution < -0.4 is 5.32 Å². The molecule has 18 heavy (non-hydrogen) atoms. The van der Waals surface area contributed by atoms with E-state index in [1.54, 1.807) is 0 Å². The van der Waals surface area contributed by atoms with Crippen molar-refractivity contribution in [2.24, 2.45) is 5.92 Å². The van der Waals surface area contributed by atoms with Crippen molar-refractivity contribution in [2.75, 3.05) is 5.32 Å². The summed E-state index contributed by atoms with van der Waals surface area (Å²) in [4.78, 5) is 4.39. The van der Waals surface area contributed by atoms with E-state index in [0.29, 0.717) is 29.3 Å². The van der Waals surface area contributed by atoms with Crippen LogP contribution in [0.15, 0.2) is 28.8 Å². The predicted octanol–water partition coefficient (Wildman–Crippen LogP) is 3.46. The molecule has 1 aromatic carbocycles. The molecule has 1 heterocycles. The summed E-state index contributed by atoms with van der Waals surface area (Å²) in [6, 6.07) is 7.55. The van der Waals surface area contributed by atoms with Crippen LogP contribution in [0.2, 0.25) is 5.02 Å². The number of halogens is 1. The fourth-order valence-electron chi connectivity index (χ4n) is 1.95. The van der Waals surface area contributed by atoms with Gasteiger partial charge in [-0.15, -0.1) is 0 Å². The van der Waals surface area contributed by atoms with Crippen molar-refractivity contribution in [3.63, 3.8) is 0 Å². The van der Waals surface area contributed by atoms with Crippen LogP contribution in [0.25, 0.3) is 0 Å². The second-order valence-electron chi connectivity index (χ2n) is 4.73. The zero-order chi connectivity index (χ0) is 12.5. The first kappa shape index (κ1) is 11.5. The Morgan fingerprint density at radius 2 is 2.33 bits per heavy atom. The highest BCUT2D eigenvalue weighted by molar-refractivity contribution is 6.30. The van der Waals surface area contributed by atoms with Gasteiger partial charge in [-0.3, -0.25) is 0 Å². The van der Waals surface area contributed by atoms with Gasteiger partial charge in [0.25, 0.3) is 0 Å². The molecule has 2 aromatic rings. The zero-order valence-corrected chi connectivity index (χ0v) is 10.8. The lowest BCUT2D eigenvalue weighted by molar-refractivity contribution is 0.377. The Bertz CT molecular complexity index is 555. The van der Waals surface area contributed by atoms with Crippen LogP contribution in [-0.2, 0) is 6.54 Å². The molecule has 0 saturated heterocycles. The lowest BCUT2D eigenvalue weighted by atomic mass is 10.3. The van der Waals surface area contributed by atoms with Crippen LogP contribution in [0.1, 0.15) is 31.0 Å². The SMILES string of the molecule is CC1CC1c1noc(CNc2cccc(Cl)c2)n1. The molecule has 0 bridgehead atoms. The molecular formula is C13H14ClN3O. The maximum Gasteiger partial charge on any atom is 0.245 e. The van der Waals surface area contributed by atoms with Gasteiger partial charge in [0.2, 0.25) is 5.89 Å². The summed E-state index contributed by atoms with van der Waals surface area (Å²) < 4.78 is 5.21. The monoisotopic (exact) mass is 263 g/mol. The summed E-state index contributed by atoms with van der Waals surface area (Å²) in [7, 11) is 0. The molecule has 2 atom stereocenters. The fraction of sp³-hybridized carbons (Fsp3) is 0.385. The molecule has 1 fully saturated rings. The van der Waals surface area contributed by atoms with Crippen molar-refractivity contribution < 1.29 is 4.52 Å². The first-order valence-electron chi connectivity index (χ1n) is 6.04. The number of hydrogen-bond donors (Lipinski definition) is 1. The number of aromatic nitrogens is 2. The number of benzene rings is 1. The molecule has 1 aliphatic carbocycles. The highest BCUT2D eigenvalue weighted by atomic mass is 35.5. The van der Waals surface area contributed by atoms with Crippen LogP contribution in [0.4, 0.5) is 5.69 Å². The van der Waals surface area contributed by atoms with Crippen molar-refractivity contribution in [3.05, 3.63) is 41.0 Å². The van der Waals surface area contributed by atoms with Crippen LogP contribution in [0, 0.1) is 5.92 Å². The van der Waals surface area contributed by atoms with E-state index in [-0.39, 0.29) is 0 Å². The first-order valence-corrected chi connectivity index (χ1v) is 6.42. The van der Waals surface area contributed by atoms with E-state index in [2.05, 4.69) is 22.4 Å². The van der Waals surface area contributed by atoms with E-state index < -0.39 is 0 Å². The highest BCUT2D eigenvalue weighted by Crippen LogP contribution is 2.45. The molecule has 5 heteroatoms. The molecule has 0 aliphatic heterocycles. The first-order chi connectivity index (χ1) is 8.72. The van der Waals surface area contributed by atoms with Crippen molar-refractivity contribution >= 4 is 17.3 Å². The van der Waals surface area contributed by atoms with Crippen LogP contribution in [0.5, 0.6) is 0 Å². The predicted molar refractivity (Wildman–Crippen MR) is 69.6 cm³/mol. The minimum atomic E-state index is 0.494. The van der Waals surface area contributed by atoms with Crippen LogP contribution in [0.3, 0.4) is 0 Å². The second kappa shape index (κ2) is 4.61. The van der Waals surface area contributed by atoms with Crippen molar-refractivity contribution in [1.29, 1.82) is 0 Å². The van der Waals surface area contributed by atoms with E-state index >= 15 is 0 Å². The third kappa shape index (κ3) is 2.48. The normalized spacial score (nSPS) is 21.9. The van der Waals surface area contributed by atoms with E-state index in [1.807, 2.05) is 24.3 Å². The Hall–Kier alpha value is -1.55. The van der Waals surface area contributed by atoms with E-state index in [9.17, 15) is 0 Å². The average Bonchev–Trinajstić information content (AvgIpc) is 2.91. The van der Waals surface area contributed by atoms with Gasteiger partial charge < -0.3 is 9.84 Å². The number of nitrogens with zero attached hydrogens (tertiary/aromatic N) is 2. The minimum Gasteiger partial charge on any atom is -0.376 e. The third-order valence-corrected chi connectivity index (χ3v) is 3.43. The van der Waals surface area contributed by atoms with Gasteiger partial charge in [-0.1, -0.05) is 29.7 Å². The number of hydrogen-bond acceptors (Lipinski definition) is 4. The Morgan fingerprint density at radius 1 is 1.50 bits per heavy atom. The van der Waals surface area contributed by atoms with Gasteiger partial charge in [0.05, 0.1) is 6.54 Å². The maximum atomic E-state index is 5.91. The number of nitrogens with one attached hydrogen (secondary N) is 1. The maximum absolute atomic E-state index is 5.91. The quantitative estimate of drug-likeness (QED) is 0.918. The van der Waals surface area contributed by atoms with E-state index in [4.69, 9.17) is 16.1 Å². The molecule has 3 rings (SSSR count). The molecule has 1 saturated carbocycles. The van der Waals surface area contributed by atoms with E-state index in [1.165, 1.54) is 6.42 Å². The second-order valence-corrected chi connectivity index (χ2v) is 5.17. The van der Waals surface area contributed by atoms with Crippen molar-refractivity contribution in [1.82, 2.24) is 10.1 Å². The van der Waals surface area contributed by atoms with Crippen LogP contribution in [-0.4, -0.2) is 10.1 Å². The minimum absolute atomic E-state index is 0.494.